The van der Waals surface area contributed by atoms with Gasteiger partial charge in [-0.15, -0.1) is 6.58 Å². The second kappa shape index (κ2) is 16.5. The monoisotopic (exact) mass is 608 g/mol. The van der Waals surface area contributed by atoms with Crippen molar-refractivity contribution in [2.45, 2.75) is 52.1 Å². The molecule has 45 heavy (non-hydrogen) atoms. The van der Waals surface area contributed by atoms with Crippen molar-refractivity contribution in [1.82, 2.24) is 20.9 Å². The van der Waals surface area contributed by atoms with Crippen LogP contribution in [0.3, 0.4) is 0 Å². The molecular weight excluding hydrogens is 556 g/mol. The molecule has 1 aliphatic heterocycles. The Kier molecular flexibility index (Phi) is 12.8. The number of rotatable bonds is 17. The molecule has 7 heteroatoms. The van der Waals surface area contributed by atoms with Crippen LogP contribution >= 0.6 is 0 Å². The molecule has 1 saturated carbocycles. The van der Waals surface area contributed by atoms with Crippen LogP contribution in [0.1, 0.15) is 44.2 Å². The molecule has 1 fully saturated rings. The van der Waals surface area contributed by atoms with Crippen molar-refractivity contribution in [3.63, 3.8) is 0 Å². The Morgan fingerprint density at radius 3 is 2.51 bits per heavy atom. The fourth-order valence-electron chi connectivity index (χ4n) is 5.86. The van der Waals surface area contributed by atoms with E-state index in [9.17, 15) is 4.79 Å². The SMILES string of the molecule is C=CC1CC(/C=C/C2=NCC(=C)N2)CCC1NC(=C)/C(=C/C(=C)C(=C)NCc1ccc(CC=O)c(N(C)C)c1)N(CC)C(=C)C. The molecule has 0 radical (unpaired) electrons. The molecule has 1 heterocycles. The maximum absolute atomic E-state index is 11.1. The molecule has 1 aromatic carbocycles. The Morgan fingerprint density at radius 2 is 1.91 bits per heavy atom. The molecule has 0 spiro atoms. The van der Waals surface area contributed by atoms with Crippen LogP contribution in [0.2, 0.25) is 0 Å². The van der Waals surface area contributed by atoms with Crippen LogP contribution in [-0.4, -0.2) is 50.2 Å². The zero-order valence-corrected chi connectivity index (χ0v) is 27.8. The van der Waals surface area contributed by atoms with Crippen LogP contribution in [0.15, 0.2) is 121 Å². The standard InChI is InChI=1S/C38H52N6O/c1-11-33-22-31(15-18-38-40-24-28(6)41-38)14-17-35(33)42-30(8)36(44(12-2)26(3)4)21-27(5)29(7)39-25-32-13-16-34(19-20-45)37(23-32)43(9)10/h11,13,15-16,18,20-21,23,31,33,35,39,42H,1,3,5-8,12,14,17,19,22,24-25H2,2,4,9-10H3,(H,40,41)/b18-15+,36-21-. The van der Waals surface area contributed by atoms with E-state index in [0.29, 0.717) is 31.3 Å². The van der Waals surface area contributed by atoms with Gasteiger partial charge in [-0.2, -0.15) is 0 Å². The second-order valence-corrected chi connectivity index (χ2v) is 12.1. The van der Waals surface area contributed by atoms with Crippen molar-refractivity contribution in [3.05, 3.63) is 127 Å². The average molecular weight is 609 g/mol. The van der Waals surface area contributed by atoms with Crippen molar-refractivity contribution >= 4 is 17.8 Å². The van der Waals surface area contributed by atoms with E-state index in [2.05, 4.69) is 96.5 Å². The number of hydrogen-bond acceptors (Lipinski definition) is 7. The fourth-order valence-corrected chi connectivity index (χ4v) is 5.86. The number of amidine groups is 1. The molecule has 1 aromatic rings. The number of aliphatic imine (C=N–C) groups is 1. The zero-order chi connectivity index (χ0) is 33.1. The topological polar surface area (TPSA) is 72.0 Å². The predicted molar refractivity (Wildman–Crippen MR) is 192 cm³/mol. The molecular formula is C38H52N6O. The predicted octanol–water partition coefficient (Wildman–Crippen LogP) is 6.54. The van der Waals surface area contributed by atoms with Crippen LogP contribution in [0.4, 0.5) is 5.69 Å². The molecule has 7 nitrogen and oxygen atoms in total. The van der Waals surface area contributed by atoms with Crippen LogP contribution < -0.4 is 20.9 Å². The van der Waals surface area contributed by atoms with E-state index in [1.54, 1.807) is 0 Å². The van der Waals surface area contributed by atoms with Crippen LogP contribution in [0.25, 0.3) is 0 Å². The fraction of sp³-hybridized carbons (Fsp3) is 0.368. The summed E-state index contributed by atoms with van der Waals surface area (Å²) in [4.78, 5) is 19.7. The molecule has 0 saturated heterocycles. The summed E-state index contributed by atoms with van der Waals surface area (Å²) in [5.74, 6) is 1.64. The molecule has 240 valence electrons. The van der Waals surface area contributed by atoms with Crippen LogP contribution in [0.5, 0.6) is 0 Å². The maximum atomic E-state index is 11.1. The first-order chi connectivity index (χ1) is 21.5. The molecule has 3 rings (SSSR count). The molecule has 0 aromatic heterocycles. The van der Waals surface area contributed by atoms with Crippen LogP contribution in [0, 0.1) is 11.8 Å². The molecule has 0 bridgehead atoms. The maximum Gasteiger partial charge on any atom is 0.125 e. The number of nitrogens with one attached hydrogen (secondary N) is 3. The number of allylic oxidation sites excluding steroid dienone is 3. The van der Waals surface area contributed by atoms with Crippen molar-refractivity contribution in [2.24, 2.45) is 16.8 Å². The van der Waals surface area contributed by atoms with Crippen molar-refractivity contribution in [3.8, 4) is 0 Å². The molecule has 3 atom stereocenters. The Bertz CT molecular complexity index is 1410. The van der Waals surface area contributed by atoms with Gasteiger partial charge < -0.3 is 30.5 Å². The summed E-state index contributed by atoms with van der Waals surface area (Å²) >= 11 is 0. The van der Waals surface area contributed by atoms with Gasteiger partial charge in [0.2, 0.25) is 0 Å². The smallest absolute Gasteiger partial charge is 0.125 e. The summed E-state index contributed by atoms with van der Waals surface area (Å²) in [5.41, 5.74) is 8.22. The summed E-state index contributed by atoms with van der Waals surface area (Å²) in [6.45, 7) is 31.5. The van der Waals surface area contributed by atoms with E-state index in [0.717, 1.165) is 88.8 Å². The van der Waals surface area contributed by atoms with Crippen LogP contribution in [-0.2, 0) is 17.8 Å². The summed E-state index contributed by atoms with van der Waals surface area (Å²) in [5, 5.41) is 10.4. The minimum atomic E-state index is 0.219. The molecule has 3 unspecified atom stereocenters. The minimum Gasteiger partial charge on any atom is -0.381 e. The number of anilines is 1. The normalized spacial score (nSPS) is 19.7. The third-order valence-electron chi connectivity index (χ3n) is 8.39. The first-order valence-corrected chi connectivity index (χ1v) is 15.7. The van der Waals surface area contributed by atoms with E-state index >= 15 is 0 Å². The summed E-state index contributed by atoms with van der Waals surface area (Å²) < 4.78 is 0. The van der Waals surface area contributed by atoms with Gasteiger partial charge >= 0.3 is 0 Å². The number of nitrogens with zero attached hydrogens (tertiary/aromatic N) is 3. The highest BCUT2D eigenvalue weighted by atomic mass is 16.1. The first-order valence-electron chi connectivity index (χ1n) is 15.7. The lowest BCUT2D eigenvalue weighted by Crippen LogP contribution is -2.40. The number of carbonyl (C=O) groups excluding carboxylic acids is 1. The third kappa shape index (κ3) is 9.73. The van der Waals surface area contributed by atoms with Gasteiger partial charge in [-0.3, -0.25) is 4.99 Å². The number of carbonyl (C=O) groups is 1. The number of benzene rings is 1. The lowest BCUT2D eigenvalue weighted by Gasteiger charge is -2.37. The Morgan fingerprint density at radius 1 is 1.16 bits per heavy atom. The van der Waals surface area contributed by atoms with E-state index in [1.807, 2.05) is 44.1 Å². The van der Waals surface area contributed by atoms with E-state index in [1.165, 1.54) is 0 Å². The average Bonchev–Trinajstić information content (AvgIpc) is 3.44. The number of aldehydes is 1. The highest BCUT2D eigenvalue weighted by Crippen LogP contribution is 2.33. The Labute approximate surface area is 271 Å². The van der Waals surface area contributed by atoms with E-state index in [-0.39, 0.29) is 6.04 Å². The Hall–Kier alpha value is -4.52. The first kappa shape index (κ1) is 35.0. The highest BCUT2D eigenvalue weighted by molar-refractivity contribution is 5.95. The lowest BCUT2D eigenvalue weighted by atomic mass is 9.77. The van der Waals surface area contributed by atoms with Gasteiger partial charge in [-0.25, -0.2) is 0 Å². The lowest BCUT2D eigenvalue weighted by molar-refractivity contribution is -0.107. The molecule has 0 amide bonds. The Balaban J connectivity index is 1.70. The minimum absolute atomic E-state index is 0.219. The van der Waals surface area contributed by atoms with Gasteiger partial charge in [0.1, 0.15) is 12.1 Å². The van der Waals surface area contributed by atoms with Gasteiger partial charge in [-0.05, 0) is 79.9 Å². The van der Waals surface area contributed by atoms with Gasteiger partial charge in [0.15, 0.2) is 0 Å². The van der Waals surface area contributed by atoms with Crippen molar-refractivity contribution in [1.29, 1.82) is 0 Å². The van der Waals surface area contributed by atoms with Gasteiger partial charge in [0.25, 0.3) is 0 Å². The van der Waals surface area contributed by atoms with Gasteiger partial charge in [0, 0.05) is 62.4 Å². The highest BCUT2D eigenvalue weighted by Gasteiger charge is 2.29. The quantitative estimate of drug-likeness (QED) is 0.106. The summed E-state index contributed by atoms with van der Waals surface area (Å²) in [6, 6.07) is 6.37. The van der Waals surface area contributed by atoms with Crippen molar-refractivity contribution < 1.29 is 4.79 Å². The largest absolute Gasteiger partial charge is 0.381 e. The zero-order valence-electron chi connectivity index (χ0n) is 27.8. The second-order valence-electron chi connectivity index (χ2n) is 12.1. The molecule has 2 aliphatic rings. The summed E-state index contributed by atoms with van der Waals surface area (Å²) in [7, 11) is 3.97. The number of hydrogen-bond donors (Lipinski definition) is 3. The van der Waals surface area contributed by atoms with E-state index < -0.39 is 0 Å². The van der Waals surface area contributed by atoms with Crippen molar-refractivity contribution in [2.75, 3.05) is 32.1 Å². The summed E-state index contributed by atoms with van der Waals surface area (Å²) in [6.07, 6.45) is 12.8. The van der Waals surface area contributed by atoms with Gasteiger partial charge in [-0.1, -0.05) is 57.2 Å². The van der Waals surface area contributed by atoms with Gasteiger partial charge in [0.05, 0.1) is 17.9 Å². The third-order valence-corrected chi connectivity index (χ3v) is 8.39. The number of likely N-dealkylation sites (N-methyl/N-ethyl adjacent to an activating group) is 1. The van der Waals surface area contributed by atoms with E-state index in [4.69, 9.17) is 0 Å². The molecule has 3 N–H and O–H groups in total. The molecule has 1 aliphatic carbocycles.